The molecule has 0 aromatic carbocycles. The van der Waals surface area contributed by atoms with Crippen molar-refractivity contribution in [2.75, 3.05) is 6.54 Å². The zero-order valence-electron chi connectivity index (χ0n) is 13.4. The number of hydrogen-bond donors (Lipinski definition) is 0. The molecular weight excluding hydrogens is 296 g/mol. The quantitative estimate of drug-likeness (QED) is 0.840. The summed E-state index contributed by atoms with van der Waals surface area (Å²) in [6.07, 6.45) is 4.93. The van der Waals surface area contributed by atoms with Crippen molar-refractivity contribution < 1.29 is 9.42 Å². The first-order valence-electron chi connectivity index (χ1n) is 8.20. The first-order chi connectivity index (χ1) is 11.2. The van der Waals surface area contributed by atoms with E-state index in [2.05, 4.69) is 29.7 Å². The number of hydrogen-bond acceptors (Lipinski definition) is 6. The van der Waals surface area contributed by atoms with Gasteiger partial charge in [-0.25, -0.2) is 4.63 Å². The molecule has 1 unspecified atom stereocenters. The number of rotatable bonds is 2. The van der Waals surface area contributed by atoms with Gasteiger partial charge >= 0.3 is 0 Å². The molecule has 3 heterocycles. The first-order valence-corrected chi connectivity index (χ1v) is 8.20. The summed E-state index contributed by atoms with van der Waals surface area (Å²) < 4.78 is 6.86. The minimum atomic E-state index is -0.159. The molecule has 0 spiro atoms. The van der Waals surface area contributed by atoms with Gasteiger partial charge in [-0.15, -0.1) is 10.2 Å². The highest BCUT2D eigenvalue weighted by Crippen LogP contribution is 2.35. The largest absolute Gasteiger partial charge is 0.325 e. The molecule has 8 nitrogen and oxygen atoms in total. The third kappa shape index (κ3) is 2.24. The Morgan fingerprint density at radius 2 is 1.87 bits per heavy atom. The van der Waals surface area contributed by atoms with Crippen LogP contribution in [0.25, 0.3) is 0 Å². The van der Waals surface area contributed by atoms with E-state index < -0.39 is 0 Å². The van der Waals surface area contributed by atoms with Crippen molar-refractivity contribution in [1.82, 2.24) is 30.0 Å². The molecule has 1 aliphatic heterocycles. The number of carbonyl (C=O) groups is 1. The Hall–Kier alpha value is -2.25. The SMILES string of the molecule is Cc1nonc1C(=O)N1CCn2c(C3CCCC3)nnc2C1C. The van der Waals surface area contributed by atoms with Gasteiger partial charge in [-0.2, -0.15) is 0 Å². The van der Waals surface area contributed by atoms with Crippen molar-refractivity contribution in [2.24, 2.45) is 0 Å². The highest BCUT2D eigenvalue weighted by atomic mass is 16.6. The van der Waals surface area contributed by atoms with Crippen LogP contribution in [-0.2, 0) is 6.54 Å². The monoisotopic (exact) mass is 316 g/mol. The van der Waals surface area contributed by atoms with Crippen LogP contribution in [0.5, 0.6) is 0 Å². The summed E-state index contributed by atoms with van der Waals surface area (Å²) in [6, 6.07) is -0.130. The molecule has 0 bridgehead atoms. The Morgan fingerprint density at radius 3 is 2.57 bits per heavy atom. The maximum absolute atomic E-state index is 12.7. The maximum Gasteiger partial charge on any atom is 0.278 e. The van der Waals surface area contributed by atoms with E-state index in [1.165, 1.54) is 25.7 Å². The van der Waals surface area contributed by atoms with Gasteiger partial charge in [0.05, 0.1) is 6.04 Å². The Labute approximate surface area is 133 Å². The van der Waals surface area contributed by atoms with Crippen molar-refractivity contribution in [2.45, 2.75) is 58.0 Å². The second kappa shape index (κ2) is 5.43. The van der Waals surface area contributed by atoms with Crippen LogP contribution in [0.1, 0.15) is 72.4 Å². The molecule has 1 aliphatic carbocycles. The van der Waals surface area contributed by atoms with Crippen molar-refractivity contribution >= 4 is 5.91 Å². The molecule has 2 aromatic heterocycles. The molecule has 1 atom stereocenters. The van der Waals surface area contributed by atoms with Gasteiger partial charge in [0, 0.05) is 19.0 Å². The van der Waals surface area contributed by atoms with Gasteiger partial charge in [-0.05, 0) is 31.8 Å². The smallest absolute Gasteiger partial charge is 0.278 e. The third-order valence-corrected chi connectivity index (χ3v) is 5.05. The molecule has 0 N–H and O–H groups in total. The number of amides is 1. The van der Waals surface area contributed by atoms with Crippen molar-refractivity contribution in [3.05, 3.63) is 23.0 Å². The van der Waals surface area contributed by atoms with E-state index in [1.807, 2.05) is 6.92 Å². The van der Waals surface area contributed by atoms with Crippen LogP contribution in [0.4, 0.5) is 0 Å². The molecule has 1 amide bonds. The Morgan fingerprint density at radius 1 is 1.13 bits per heavy atom. The molecule has 1 fully saturated rings. The van der Waals surface area contributed by atoms with E-state index in [0.29, 0.717) is 18.2 Å². The topological polar surface area (TPSA) is 89.9 Å². The van der Waals surface area contributed by atoms with E-state index >= 15 is 0 Å². The van der Waals surface area contributed by atoms with Gasteiger partial charge in [0.1, 0.15) is 11.5 Å². The van der Waals surface area contributed by atoms with Crippen LogP contribution in [0.3, 0.4) is 0 Å². The van der Waals surface area contributed by atoms with E-state index in [1.54, 1.807) is 11.8 Å². The zero-order valence-corrected chi connectivity index (χ0v) is 13.4. The highest BCUT2D eigenvalue weighted by Gasteiger charge is 2.35. The Kier molecular flexibility index (Phi) is 3.39. The minimum Gasteiger partial charge on any atom is -0.325 e. The molecule has 1 saturated carbocycles. The summed E-state index contributed by atoms with van der Waals surface area (Å²) in [7, 11) is 0. The minimum absolute atomic E-state index is 0.130. The fourth-order valence-electron chi connectivity index (χ4n) is 3.73. The molecule has 0 radical (unpaired) electrons. The molecule has 4 rings (SSSR count). The van der Waals surface area contributed by atoms with Gasteiger partial charge in [0.25, 0.3) is 5.91 Å². The van der Waals surface area contributed by atoms with Crippen LogP contribution in [0.2, 0.25) is 0 Å². The number of aromatic nitrogens is 5. The van der Waals surface area contributed by atoms with Crippen molar-refractivity contribution in [1.29, 1.82) is 0 Å². The van der Waals surface area contributed by atoms with Crippen LogP contribution in [-0.4, -0.2) is 42.4 Å². The number of aryl methyl sites for hydroxylation is 1. The molecule has 122 valence electrons. The van der Waals surface area contributed by atoms with E-state index in [0.717, 1.165) is 18.2 Å². The van der Waals surface area contributed by atoms with Gasteiger partial charge < -0.3 is 9.47 Å². The lowest BCUT2D eigenvalue weighted by Crippen LogP contribution is -2.42. The molecule has 0 saturated heterocycles. The fourth-order valence-corrected chi connectivity index (χ4v) is 3.73. The summed E-state index contributed by atoms with van der Waals surface area (Å²) in [6.45, 7) is 5.06. The fraction of sp³-hybridized carbons (Fsp3) is 0.667. The number of fused-ring (bicyclic) bond motifs is 1. The predicted molar refractivity (Wildman–Crippen MR) is 79.7 cm³/mol. The zero-order chi connectivity index (χ0) is 16.0. The second-order valence-corrected chi connectivity index (χ2v) is 6.42. The maximum atomic E-state index is 12.7. The van der Waals surface area contributed by atoms with Gasteiger partial charge in [-0.3, -0.25) is 4.79 Å². The molecule has 2 aromatic rings. The highest BCUT2D eigenvalue weighted by molar-refractivity contribution is 5.93. The van der Waals surface area contributed by atoms with E-state index in [-0.39, 0.29) is 17.6 Å². The van der Waals surface area contributed by atoms with Gasteiger partial charge in [0.2, 0.25) is 0 Å². The summed E-state index contributed by atoms with van der Waals surface area (Å²) in [5.74, 6) is 2.32. The second-order valence-electron chi connectivity index (χ2n) is 6.42. The molecular formula is C15H20N6O2. The summed E-state index contributed by atoms with van der Waals surface area (Å²) in [4.78, 5) is 14.4. The Bertz CT molecular complexity index is 730. The Balaban J connectivity index is 1.61. The predicted octanol–water partition coefficient (Wildman–Crippen LogP) is 1.84. The summed E-state index contributed by atoms with van der Waals surface area (Å²) in [5.41, 5.74) is 0.793. The van der Waals surface area contributed by atoms with Crippen molar-refractivity contribution in [3.8, 4) is 0 Å². The van der Waals surface area contributed by atoms with Crippen LogP contribution >= 0.6 is 0 Å². The molecule has 23 heavy (non-hydrogen) atoms. The lowest BCUT2D eigenvalue weighted by atomic mass is 10.1. The third-order valence-electron chi connectivity index (χ3n) is 5.05. The number of carbonyl (C=O) groups excluding carboxylic acids is 1. The van der Waals surface area contributed by atoms with E-state index in [4.69, 9.17) is 0 Å². The summed E-state index contributed by atoms with van der Waals surface area (Å²) in [5, 5.41) is 16.2. The van der Waals surface area contributed by atoms with Crippen LogP contribution in [0, 0.1) is 6.92 Å². The normalized spacial score (nSPS) is 21.7. The molecule has 8 heteroatoms. The van der Waals surface area contributed by atoms with Gasteiger partial charge in [0.15, 0.2) is 11.5 Å². The van der Waals surface area contributed by atoms with Crippen LogP contribution < -0.4 is 0 Å². The van der Waals surface area contributed by atoms with Gasteiger partial charge in [-0.1, -0.05) is 18.0 Å². The summed E-state index contributed by atoms with van der Waals surface area (Å²) >= 11 is 0. The lowest BCUT2D eigenvalue weighted by Gasteiger charge is -2.33. The van der Waals surface area contributed by atoms with E-state index in [9.17, 15) is 4.79 Å². The average Bonchev–Trinajstić information content (AvgIpc) is 3.26. The molecule has 2 aliphatic rings. The number of nitrogens with zero attached hydrogens (tertiary/aromatic N) is 6. The lowest BCUT2D eigenvalue weighted by molar-refractivity contribution is 0.0624. The standard InChI is InChI=1S/C15H20N6O2/c1-9-12(19-23-18-9)15(22)20-7-8-21-13(10(20)2)16-17-14(21)11-5-3-4-6-11/h10-11H,3-8H2,1-2H3. The average molecular weight is 316 g/mol. The van der Waals surface area contributed by atoms with Crippen molar-refractivity contribution in [3.63, 3.8) is 0 Å². The van der Waals surface area contributed by atoms with Crippen LogP contribution in [0.15, 0.2) is 4.63 Å². The first kappa shape index (κ1) is 14.3.